The molecule has 1 aromatic heterocycles. The van der Waals surface area contributed by atoms with Crippen LogP contribution in [0, 0.1) is 0 Å². The lowest BCUT2D eigenvalue weighted by atomic mass is 9.77. The van der Waals surface area contributed by atoms with Gasteiger partial charge in [0.2, 0.25) is 0 Å². The van der Waals surface area contributed by atoms with Gasteiger partial charge >= 0.3 is 6.18 Å². The fourth-order valence-corrected chi connectivity index (χ4v) is 2.28. The molecule has 0 bridgehead atoms. The largest absolute Gasteiger partial charge is 0.480 e. The molecule has 2 N–H and O–H groups in total. The van der Waals surface area contributed by atoms with Gasteiger partial charge in [-0.25, -0.2) is 0 Å². The van der Waals surface area contributed by atoms with Gasteiger partial charge in [0.05, 0.1) is 5.54 Å². The van der Waals surface area contributed by atoms with Crippen molar-refractivity contribution in [3.63, 3.8) is 0 Å². The summed E-state index contributed by atoms with van der Waals surface area (Å²) in [6.07, 6.45) is -1.82. The second-order valence-electron chi connectivity index (χ2n) is 5.66. The Morgan fingerprint density at radius 2 is 1.80 bits per heavy atom. The molecule has 1 aromatic carbocycles. The molecule has 1 saturated carbocycles. The third-order valence-corrected chi connectivity index (χ3v) is 3.75. The number of hydrogen-bond acceptors (Lipinski definition) is 6. The van der Waals surface area contributed by atoms with E-state index in [0.29, 0.717) is 5.82 Å². The highest BCUT2D eigenvalue weighted by Crippen LogP contribution is 2.37. The Balaban J connectivity index is 0.00000225. The van der Waals surface area contributed by atoms with E-state index in [-0.39, 0.29) is 36.4 Å². The molecule has 10 heteroatoms. The van der Waals surface area contributed by atoms with Gasteiger partial charge < -0.3 is 19.7 Å². The zero-order valence-electron chi connectivity index (χ0n) is 13.1. The molecule has 0 saturated heterocycles. The number of alkyl halides is 3. The summed E-state index contributed by atoms with van der Waals surface area (Å²) in [6.45, 7) is -1.48. The lowest BCUT2D eigenvalue weighted by molar-refractivity contribution is -0.153. The predicted octanol–water partition coefficient (Wildman–Crippen LogP) is 3.35. The molecule has 0 unspecified atom stereocenters. The van der Waals surface area contributed by atoms with Crippen LogP contribution in [0.1, 0.15) is 31.0 Å². The fourth-order valence-electron chi connectivity index (χ4n) is 2.28. The van der Waals surface area contributed by atoms with Gasteiger partial charge in [0.15, 0.2) is 30.5 Å². The maximum Gasteiger partial charge on any atom is 0.422 e. The van der Waals surface area contributed by atoms with Gasteiger partial charge in [0, 0.05) is 0 Å². The first kappa shape index (κ1) is 19.3. The Labute approximate surface area is 147 Å². The van der Waals surface area contributed by atoms with Crippen molar-refractivity contribution in [2.24, 2.45) is 5.73 Å². The SMILES string of the molecule is Cl.NC1(c2noc(COc3ccccc3OCC(F)(F)F)n2)CCC1. The van der Waals surface area contributed by atoms with Crippen molar-refractivity contribution in [2.45, 2.75) is 37.6 Å². The normalized spacial score (nSPS) is 15.8. The standard InChI is InChI=1S/C15H16F3N3O3.ClH/c16-15(17,18)9-23-11-5-2-1-4-10(11)22-8-12-20-13(21-24-12)14(19)6-3-7-14;/h1-2,4-5H,3,6-9,19H2;1H. The minimum Gasteiger partial charge on any atom is -0.480 e. The lowest BCUT2D eigenvalue weighted by Crippen LogP contribution is -2.44. The molecule has 2 aromatic rings. The first-order valence-corrected chi connectivity index (χ1v) is 7.39. The summed E-state index contributed by atoms with van der Waals surface area (Å²) in [4.78, 5) is 4.19. The second kappa shape index (κ2) is 7.49. The third-order valence-electron chi connectivity index (χ3n) is 3.75. The quantitative estimate of drug-likeness (QED) is 0.828. The van der Waals surface area contributed by atoms with Gasteiger partial charge in [0.25, 0.3) is 5.89 Å². The molecule has 1 fully saturated rings. The summed E-state index contributed by atoms with van der Waals surface area (Å²) in [6, 6.07) is 6.07. The van der Waals surface area contributed by atoms with E-state index in [4.69, 9.17) is 19.7 Å². The van der Waals surface area contributed by atoms with Crippen LogP contribution < -0.4 is 15.2 Å². The number of nitrogens with two attached hydrogens (primary N) is 1. The highest BCUT2D eigenvalue weighted by atomic mass is 35.5. The molecule has 1 aliphatic carbocycles. The molecule has 0 spiro atoms. The fraction of sp³-hybridized carbons (Fsp3) is 0.467. The Morgan fingerprint density at radius 1 is 1.16 bits per heavy atom. The van der Waals surface area contributed by atoms with E-state index in [1.54, 1.807) is 12.1 Å². The van der Waals surface area contributed by atoms with Gasteiger partial charge in [-0.1, -0.05) is 17.3 Å². The maximum absolute atomic E-state index is 12.3. The van der Waals surface area contributed by atoms with E-state index < -0.39 is 18.3 Å². The van der Waals surface area contributed by atoms with Gasteiger partial charge in [-0.15, -0.1) is 12.4 Å². The van der Waals surface area contributed by atoms with E-state index in [1.807, 2.05) is 0 Å². The minimum absolute atomic E-state index is 0. The lowest BCUT2D eigenvalue weighted by Gasteiger charge is -2.34. The number of halogens is 4. The maximum atomic E-state index is 12.3. The summed E-state index contributed by atoms with van der Waals surface area (Å²) in [5.41, 5.74) is 5.55. The molecule has 1 aliphatic rings. The van der Waals surface area contributed by atoms with Crippen LogP contribution in [0.4, 0.5) is 13.2 Å². The molecule has 0 atom stereocenters. The first-order chi connectivity index (χ1) is 11.4. The van der Waals surface area contributed by atoms with Crippen LogP contribution in [0.3, 0.4) is 0 Å². The Hall–Kier alpha value is -2.00. The van der Waals surface area contributed by atoms with Crippen molar-refractivity contribution < 1.29 is 27.2 Å². The number of aromatic nitrogens is 2. The predicted molar refractivity (Wildman–Crippen MR) is 83.6 cm³/mol. The first-order valence-electron chi connectivity index (χ1n) is 7.39. The summed E-state index contributed by atoms with van der Waals surface area (Å²) in [7, 11) is 0. The summed E-state index contributed by atoms with van der Waals surface area (Å²) in [5, 5.41) is 3.84. The molecule has 0 radical (unpaired) electrons. The highest BCUT2D eigenvalue weighted by molar-refractivity contribution is 5.85. The highest BCUT2D eigenvalue weighted by Gasteiger charge is 2.39. The van der Waals surface area contributed by atoms with Crippen LogP contribution in [0.5, 0.6) is 11.5 Å². The zero-order chi connectivity index (χ0) is 17.2. The molecule has 138 valence electrons. The Kier molecular flexibility index (Phi) is 5.79. The monoisotopic (exact) mass is 379 g/mol. The van der Waals surface area contributed by atoms with Gasteiger partial charge in [-0.2, -0.15) is 18.2 Å². The van der Waals surface area contributed by atoms with Crippen LogP contribution in [-0.4, -0.2) is 22.9 Å². The Bertz CT molecular complexity index is 705. The van der Waals surface area contributed by atoms with Crippen LogP contribution in [0.15, 0.2) is 28.8 Å². The molecule has 25 heavy (non-hydrogen) atoms. The average Bonchev–Trinajstić information content (AvgIpc) is 2.98. The molecule has 1 heterocycles. The van der Waals surface area contributed by atoms with E-state index in [2.05, 4.69) is 10.1 Å². The molecule has 0 amide bonds. The molecular formula is C15H17ClF3N3O3. The van der Waals surface area contributed by atoms with Gasteiger partial charge in [-0.3, -0.25) is 0 Å². The molecule has 3 rings (SSSR count). The van der Waals surface area contributed by atoms with E-state index in [1.165, 1.54) is 12.1 Å². The van der Waals surface area contributed by atoms with Crippen molar-refractivity contribution in [3.8, 4) is 11.5 Å². The summed E-state index contributed by atoms with van der Waals surface area (Å²) >= 11 is 0. The smallest absolute Gasteiger partial charge is 0.422 e. The number of ether oxygens (including phenoxy) is 2. The second-order valence-corrected chi connectivity index (χ2v) is 5.66. The number of rotatable bonds is 6. The van der Waals surface area contributed by atoms with Crippen LogP contribution in [0.2, 0.25) is 0 Å². The number of hydrogen-bond donors (Lipinski definition) is 1. The van der Waals surface area contributed by atoms with Crippen molar-refractivity contribution in [2.75, 3.05) is 6.61 Å². The number of nitrogens with zero attached hydrogens (tertiary/aromatic N) is 2. The third kappa shape index (κ3) is 4.76. The minimum atomic E-state index is -4.42. The van der Waals surface area contributed by atoms with Gasteiger partial charge in [-0.05, 0) is 31.4 Å². The van der Waals surface area contributed by atoms with Crippen molar-refractivity contribution in [1.29, 1.82) is 0 Å². The van der Waals surface area contributed by atoms with Crippen LogP contribution in [-0.2, 0) is 12.1 Å². The number of benzene rings is 1. The zero-order valence-corrected chi connectivity index (χ0v) is 13.9. The van der Waals surface area contributed by atoms with Crippen LogP contribution >= 0.6 is 12.4 Å². The molecule has 6 nitrogen and oxygen atoms in total. The topological polar surface area (TPSA) is 83.4 Å². The van der Waals surface area contributed by atoms with E-state index >= 15 is 0 Å². The van der Waals surface area contributed by atoms with Crippen molar-refractivity contribution in [1.82, 2.24) is 10.1 Å². The van der Waals surface area contributed by atoms with Crippen molar-refractivity contribution >= 4 is 12.4 Å². The van der Waals surface area contributed by atoms with Crippen LogP contribution in [0.25, 0.3) is 0 Å². The summed E-state index contributed by atoms with van der Waals surface area (Å²) < 4.78 is 52.1. The van der Waals surface area contributed by atoms with E-state index in [0.717, 1.165) is 19.3 Å². The van der Waals surface area contributed by atoms with E-state index in [9.17, 15) is 13.2 Å². The Morgan fingerprint density at radius 3 is 2.36 bits per heavy atom. The average molecular weight is 380 g/mol. The molecule has 0 aliphatic heterocycles. The summed E-state index contributed by atoms with van der Waals surface area (Å²) in [5.74, 6) is 0.776. The number of para-hydroxylation sites is 2. The van der Waals surface area contributed by atoms with Gasteiger partial charge in [0.1, 0.15) is 0 Å². The van der Waals surface area contributed by atoms with Crippen molar-refractivity contribution in [3.05, 3.63) is 36.0 Å². The molecular weight excluding hydrogens is 363 g/mol.